The molecule has 1 amide bonds. The molecule has 0 aromatic carbocycles. The first kappa shape index (κ1) is 15.5. The van der Waals surface area contributed by atoms with Gasteiger partial charge in [-0.2, -0.15) is 13.2 Å². The van der Waals surface area contributed by atoms with Gasteiger partial charge in [0.15, 0.2) is 6.23 Å². The van der Waals surface area contributed by atoms with Crippen LogP contribution < -0.4 is 11.1 Å². The largest absolute Gasteiger partial charge is 0.432 e. The Labute approximate surface area is 111 Å². The number of aldehydes is 1. The molecule has 0 aromatic heterocycles. The maximum atomic E-state index is 12.6. The van der Waals surface area contributed by atoms with E-state index in [0.29, 0.717) is 6.29 Å². The molecule has 0 aliphatic carbocycles. The molecule has 0 fully saturated rings. The van der Waals surface area contributed by atoms with Gasteiger partial charge in [-0.05, 0) is 6.08 Å². The van der Waals surface area contributed by atoms with E-state index in [0.717, 1.165) is 6.08 Å². The number of carbonyl (C=O) groups excluding carboxylic acids is 2. The van der Waals surface area contributed by atoms with Crippen LogP contribution in [-0.4, -0.2) is 31.2 Å². The molecule has 0 bridgehead atoms. The third-order valence-electron chi connectivity index (χ3n) is 2.17. The molecule has 0 aromatic rings. The predicted octanol–water partition coefficient (Wildman–Crippen LogP) is 0.946. The summed E-state index contributed by atoms with van der Waals surface area (Å²) in [7, 11) is 0. The van der Waals surface area contributed by atoms with Crippen molar-refractivity contribution in [2.45, 2.75) is 18.8 Å². The number of hydrogen-bond donors (Lipinski definition) is 2. The van der Waals surface area contributed by atoms with Gasteiger partial charge >= 0.3 is 6.18 Å². The van der Waals surface area contributed by atoms with Crippen molar-refractivity contribution < 1.29 is 27.5 Å². The fourth-order valence-corrected chi connectivity index (χ4v) is 1.62. The molecule has 1 heterocycles. The minimum Gasteiger partial charge on any atom is -0.366 e. The normalized spacial score (nSPS) is 19.8. The Balaban J connectivity index is 2.99. The monoisotopic (exact) mass is 298 g/mol. The highest BCUT2D eigenvalue weighted by molar-refractivity contribution is 6.32. The minimum atomic E-state index is -4.72. The number of ether oxygens (including phenoxy) is 1. The van der Waals surface area contributed by atoms with Crippen LogP contribution >= 0.6 is 11.6 Å². The van der Waals surface area contributed by atoms with E-state index in [-0.39, 0.29) is 18.6 Å². The Morgan fingerprint density at radius 2 is 2.21 bits per heavy atom. The second-order valence-electron chi connectivity index (χ2n) is 3.54. The molecule has 0 saturated carbocycles. The molecule has 0 spiro atoms. The third-order valence-corrected chi connectivity index (χ3v) is 2.47. The lowest BCUT2D eigenvalue weighted by Gasteiger charge is -2.28. The lowest BCUT2D eigenvalue weighted by atomic mass is 10.1. The van der Waals surface area contributed by atoms with Crippen LogP contribution in [0.2, 0.25) is 0 Å². The maximum absolute atomic E-state index is 12.6. The van der Waals surface area contributed by atoms with E-state index in [1.807, 2.05) is 5.32 Å². The summed E-state index contributed by atoms with van der Waals surface area (Å²) in [5.74, 6) is -0.969. The molecule has 3 N–H and O–H groups in total. The molecule has 5 nitrogen and oxygen atoms in total. The zero-order valence-electron chi connectivity index (χ0n) is 9.46. The molecular weight excluding hydrogens is 289 g/mol. The van der Waals surface area contributed by atoms with Crippen molar-refractivity contribution in [2.24, 2.45) is 5.73 Å². The Hall–Kier alpha value is -1.54. The standard InChI is InChI=1S/C10H10ClF3N2O3/c11-6-4-5(8(15)18)9(19-3-1-2-17)16-7(6)10(12,13)14/h2,4,9,16H,1,3H2,(H2,15,18)/t9-/m1/s1. The van der Waals surface area contributed by atoms with Crippen molar-refractivity contribution in [2.75, 3.05) is 6.61 Å². The van der Waals surface area contributed by atoms with Crippen molar-refractivity contribution in [1.29, 1.82) is 0 Å². The van der Waals surface area contributed by atoms with Crippen molar-refractivity contribution in [3.63, 3.8) is 0 Å². The Morgan fingerprint density at radius 3 is 2.68 bits per heavy atom. The third kappa shape index (κ3) is 3.97. The van der Waals surface area contributed by atoms with Crippen LogP contribution in [0.25, 0.3) is 0 Å². The van der Waals surface area contributed by atoms with Crippen LogP contribution in [-0.2, 0) is 14.3 Å². The number of nitrogens with two attached hydrogens (primary N) is 1. The number of primary amides is 1. The van der Waals surface area contributed by atoms with E-state index in [4.69, 9.17) is 22.1 Å². The summed E-state index contributed by atoms with van der Waals surface area (Å²) in [6.07, 6.45) is -4.80. The van der Waals surface area contributed by atoms with Gasteiger partial charge in [-0.1, -0.05) is 11.6 Å². The number of hydrogen-bond acceptors (Lipinski definition) is 4. The summed E-state index contributed by atoms with van der Waals surface area (Å²) in [6.45, 7) is -0.158. The van der Waals surface area contributed by atoms with E-state index < -0.39 is 29.0 Å². The van der Waals surface area contributed by atoms with Crippen LogP contribution in [0, 0.1) is 0 Å². The highest BCUT2D eigenvalue weighted by Gasteiger charge is 2.41. The van der Waals surface area contributed by atoms with E-state index in [1.165, 1.54) is 0 Å². The Morgan fingerprint density at radius 1 is 1.58 bits per heavy atom. The van der Waals surface area contributed by atoms with E-state index in [9.17, 15) is 22.8 Å². The van der Waals surface area contributed by atoms with Crippen LogP contribution in [0.4, 0.5) is 13.2 Å². The SMILES string of the molecule is NC(=O)C1=CC(Cl)=C(C(F)(F)F)N[C@@H]1OCCC=O. The second kappa shape index (κ2) is 6.07. The second-order valence-corrected chi connectivity index (χ2v) is 3.94. The Bertz CT molecular complexity index is 446. The van der Waals surface area contributed by atoms with E-state index in [1.54, 1.807) is 0 Å². The number of allylic oxidation sites excluding steroid dienone is 3. The highest BCUT2D eigenvalue weighted by Crippen LogP contribution is 2.32. The minimum absolute atomic E-state index is 0.0248. The van der Waals surface area contributed by atoms with Gasteiger partial charge in [0.25, 0.3) is 0 Å². The number of halogens is 4. The fourth-order valence-electron chi connectivity index (χ4n) is 1.35. The van der Waals surface area contributed by atoms with Gasteiger partial charge in [-0.3, -0.25) is 4.79 Å². The molecule has 1 rings (SSSR count). The first-order chi connectivity index (χ1) is 8.77. The quantitative estimate of drug-likeness (QED) is 0.585. The summed E-state index contributed by atoms with van der Waals surface area (Å²) >= 11 is 5.43. The average molecular weight is 299 g/mol. The summed E-state index contributed by atoms with van der Waals surface area (Å²) in [6, 6.07) is 0. The molecule has 1 atom stereocenters. The zero-order valence-corrected chi connectivity index (χ0v) is 10.2. The van der Waals surface area contributed by atoms with Gasteiger partial charge in [0.05, 0.1) is 17.2 Å². The van der Waals surface area contributed by atoms with Gasteiger partial charge in [-0.15, -0.1) is 0 Å². The van der Waals surface area contributed by atoms with Crippen molar-refractivity contribution in [3.05, 3.63) is 22.4 Å². The van der Waals surface area contributed by atoms with Crippen LogP contribution in [0.15, 0.2) is 22.4 Å². The molecular formula is C10H10ClF3N2O3. The van der Waals surface area contributed by atoms with Crippen LogP contribution in [0.5, 0.6) is 0 Å². The summed E-state index contributed by atoms with van der Waals surface area (Å²) in [4.78, 5) is 21.2. The summed E-state index contributed by atoms with van der Waals surface area (Å²) in [5, 5.41) is 1.27. The van der Waals surface area contributed by atoms with Gasteiger partial charge in [0.2, 0.25) is 5.91 Å². The Kier molecular flexibility index (Phi) is 4.96. The van der Waals surface area contributed by atoms with Gasteiger partial charge in [-0.25, -0.2) is 0 Å². The number of nitrogens with one attached hydrogen (secondary N) is 1. The molecule has 0 saturated heterocycles. The van der Waals surface area contributed by atoms with Crippen molar-refractivity contribution in [1.82, 2.24) is 5.32 Å². The topological polar surface area (TPSA) is 81.4 Å². The number of dihydropyridines is 1. The molecule has 0 unspecified atom stereocenters. The highest BCUT2D eigenvalue weighted by atomic mass is 35.5. The van der Waals surface area contributed by atoms with E-state index >= 15 is 0 Å². The first-order valence-electron chi connectivity index (χ1n) is 5.07. The van der Waals surface area contributed by atoms with E-state index in [2.05, 4.69) is 0 Å². The van der Waals surface area contributed by atoms with Crippen LogP contribution in [0.1, 0.15) is 6.42 Å². The first-order valence-corrected chi connectivity index (χ1v) is 5.45. The van der Waals surface area contributed by atoms with Gasteiger partial charge < -0.3 is 20.6 Å². The molecule has 1 aliphatic rings. The molecule has 19 heavy (non-hydrogen) atoms. The lowest BCUT2D eigenvalue weighted by Crippen LogP contribution is -2.44. The summed E-state index contributed by atoms with van der Waals surface area (Å²) < 4.78 is 42.8. The average Bonchev–Trinajstić information content (AvgIpc) is 2.29. The number of carbonyl (C=O) groups is 2. The maximum Gasteiger partial charge on any atom is 0.432 e. The van der Waals surface area contributed by atoms with Crippen molar-refractivity contribution in [3.8, 4) is 0 Å². The van der Waals surface area contributed by atoms with Crippen molar-refractivity contribution >= 4 is 23.8 Å². The number of rotatable bonds is 5. The number of amides is 1. The zero-order chi connectivity index (χ0) is 14.6. The van der Waals surface area contributed by atoms with Gasteiger partial charge in [0.1, 0.15) is 12.0 Å². The predicted molar refractivity (Wildman–Crippen MR) is 59.8 cm³/mol. The van der Waals surface area contributed by atoms with Crippen LogP contribution in [0.3, 0.4) is 0 Å². The molecule has 1 aliphatic heterocycles. The smallest absolute Gasteiger partial charge is 0.366 e. The lowest BCUT2D eigenvalue weighted by molar-refractivity contribution is -0.118. The fraction of sp³-hybridized carbons (Fsp3) is 0.400. The van der Waals surface area contributed by atoms with Gasteiger partial charge in [0, 0.05) is 6.42 Å². The summed E-state index contributed by atoms with van der Waals surface area (Å²) in [5.41, 5.74) is 3.55. The molecule has 9 heteroatoms. The number of alkyl halides is 3. The molecule has 0 radical (unpaired) electrons. The molecule has 106 valence electrons.